The highest BCUT2D eigenvalue weighted by Crippen LogP contribution is 2.27. The molecule has 0 radical (unpaired) electrons. The van der Waals surface area contributed by atoms with Crippen LogP contribution in [-0.2, 0) is 19.6 Å². The first-order chi connectivity index (χ1) is 9.79. The van der Waals surface area contributed by atoms with Crippen molar-refractivity contribution in [3.05, 3.63) is 47.8 Å². The maximum atomic E-state index is 14.3. The van der Waals surface area contributed by atoms with Gasteiger partial charge in [0.25, 0.3) is 0 Å². The fourth-order valence-electron chi connectivity index (χ4n) is 2.68. The third kappa shape index (κ3) is 2.41. The smallest absolute Gasteiger partial charge is 0.146 e. The van der Waals surface area contributed by atoms with Crippen molar-refractivity contribution in [2.45, 2.75) is 26.6 Å². The Hall–Kier alpha value is -1.88. The molecule has 5 heteroatoms. The molecule has 2 heterocycles. The van der Waals surface area contributed by atoms with Gasteiger partial charge in [-0.1, -0.05) is 19.1 Å². The molecule has 1 aliphatic heterocycles. The van der Waals surface area contributed by atoms with Gasteiger partial charge in [0.15, 0.2) is 0 Å². The van der Waals surface area contributed by atoms with Gasteiger partial charge in [-0.05, 0) is 18.2 Å². The fraction of sp³-hybridized carbons (Fsp3) is 0.400. The molecule has 1 aromatic heterocycles. The Kier molecular flexibility index (Phi) is 3.69. The zero-order valence-corrected chi connectivity index (χ0v) is 11.6. The van der Waals surface area contributed by atoms with Crippen LogP contribution in [0.5, 0.6) is 0 Å². The highest BCUT2D eigenvalue weighted by molar-refractivity contribution is 5.55. The summed E-state index contributed by atoms with van der Waals surface area (Å²) in [4.78, 5) is 6.42. The summed E-state index contributed by atoms with van der Waals surface area (Å²) < 4.78 is 16.4. The predicted octanol–water partition coefficient (Wildman–Crippen LogP) is 2.15. The van der Waals surface area contributed by atoms with Gasteiger partial charge in [0, 0.05) is 32.0 Å². The van der Waals surface area contributed by atoms with Crippen LogP contribution in [0.4, 0.5) is 10.1 Å². The molecule has 2 aromatic rings. The number of nitrogens with one attached hydrogen (secondary N) is 1. The third-order valence-corrected chi connectivity index (χ3v) is 3.70. The van der Waals surface area contributed by atoms with Gasteiger partial charge in [0.2, 0.25) is 0 Å². The minimum atomic E-state index is -0.152. The molecular formula is C15H19FN4. The fourth-order valence-corrected chi connectivity index (χ4v) is 2.68. The number of hydrogen-bond donors (Lipinski definition) is 1. The number of fused-ring (bicyclic) bond motifs is 1. The Balaban J connectivity index is 1.90. The number of rotatable bonds is 4. The predicted molar refractivity (Wildman–Crippen MR) is 77.1 cm³/mol. The van der Waals surface area contributed by atoms with E-state index in [1.807, 2.05) is 12.3 Å². The van der Waals surface area contributed by atoms with Crippen LogP contribution >= 0.6 is 0 Å². The molecule has 0 fully saturated rings. The number of halogens is 1. The number of imidazole rings is 1. The second-order valence-corrected chi connectivity index (χ2v) is 4.99. The van der Waals surface area contributed by atoms with Gasteiger partial charge in [-0.2, -0.15) is 0 Å². The molecule has 1 aromatic carbocycles. The van der Waals surface area contributed by atoms with Crippen molar-refractivity contribution in [3.8, 4) is 0 Å². The van der Waals surface area contributed by atoms with Crippen molar-refractivity contribution in [1.29, 1.82) is 0 Å². The van der Waals surface area contributed by atoms with Gasteiger partial charge in [0.1, 0.15) is 11.6 Å². The monoisotopic (exact) mass is 274 g/mol. The second kappa shape index (κ2) is 5.63. The number of nitrogens with zero attached hydrogens (tertiary/aromatic N) is 3. The lowest BCUT2D eigenvalue weighted by Crippen LogP contribution is -2.35. The number of para-hydroxylation sites is 1. The maximum Gasteiger partial charge on any atom is 0.146 e. The summed E-state index contributed by atoms with van der Waals surface area (Å²) >= 11 is 0. The van der Waals surface area contributed by atoms with Gasteiger partial charge in [-0.25, -0.2) is 9.37 Å². The summed E-state index contributed by atoms with van der Waals surface area (Å²) in [5, 5.41) is 3.27. The Morgan fingerprint density at radius 3 is 3.10 bits per heavy atom. The van der Waals surface area contributed by atoms with Crippen molar-refractivity contribution in [2.24, 2.45) is 0 Å². The summed E-state index contributed by atoms with van der Waals surface area (Å²) in [6, 6.07) is 5.30. The molecule has 0 spiro atoms. The number of hydrogen-bond acceptors (Lipinski definition) is 3. The Morgan fingerprint density at radius 1 is 1.35 bits per heavy atom. The molecule has 0 saturated heterocycles. The topological polar surface area (TPSA) is 33.1 Å². The summed E-state index contributed by atoms with van der Waals surface area (Å²) in [7, 11) is 0. The highest BCUT2D eigenvalue weighted by atomic mass is 19.1. The summed E-state index contributed by atoms with van der Waals surface area (Å²) in [6.45, 7) is 5.94. The van der Waals surface area contributed by atoms with Crippen LogP contribution in [0.1, 0.15) is 18.3 Å². The van der Waals surface area contributed by atoms with E-state index >= 15 is 0 Å². The van der Waals surface area contributed by atoms with Gasteiger partial charge in [-0.3, -0.25) is 0 Å². The van der Waals surface area contributed by atoms with Crippen molar-refractivity contribution in [1.82, 2.24) is 14.9 Å². The molecule has 4 nitrogen and oxygen atoms in total. The zero-order chi connectivity index (χ0) is 13.9. The van der Waals surface area contributed by atoms with Crippen molar-refractivity contribution < 1.29 is 4.39 Å². The lowest BCUT2D eigenvalue weighted by molar-refractivity contribution is 0.540. The van der Waals surface area contributed by atoms with Gasteiger partial charge >= 0.3 is 0 Å². The van der Waals surface area contributed by atoms with Gasteiger partial charge in [-0.15, -0.1) is 0 Å². The average molecular weight is 274 g/mol. The van der Waals surface area contributed by atoms with E-state index in [1.54, 1.807) is 12.3 Å². The number of benzene rings is 1. The Bertz CT molecular complexity index is 593. The summed E-state index contributed by atoms with van der Waals surface area (Å²) in [5.74, 6) is 0.842. The minimum absolute atomic E-state index is 0.152. The maximum absolute atomic E-state index is 14.3. The highest BCUT2D eigenvalue weighted by Gasteiger charge is 2.21. The standard InChI is InChI=1S/C15H19FN4/c1-2-17-10-12-4-3-5-13(16)15(12)20-9-8-19-7-6-18-14(19)11-20/h3-7,17H,2,8-11H2,1H3. The van der Waals surface area contributed by atoms with Crippen LogP contribution in [-0.4, -0.2) is 22.6 Å². The number of anilines is 1. The first kappa shape index (κ1) is 13.1. The molecule has 3 rings (SSSR count). The first-order valence-corrected chi connectivity index (χ1v) is 7.02. The summed E-state index contributed by atoms with van der Waals surface area (Å²) in [5.41, 5.74) is 1.72. The SMILES string of the molecule is CCNCc1cccc(F)c1N1CCn2ccnc2C1. The molecule has 0 atom stereocenters. The first-order valence-electron chi connectivity index (χ1n) is 7.02. The van der Waals surface area contributed by atoms with E-state index < -0.39 is 0 Å². The van der Waals surface area contributed by atoms with E-state index in [2.05, 4.69) is 26.7 Å². The second-order valence-electron chi connectivity index (χ2n) is 4.99. The van der Waals surface area contributed by atoms with Crippen LogP contribution in [0.2, 0.25) is 0 Å². The van der Waals surface area contributed by atoms with Crippen molar-refractivity contribution in [2.75, 3.05) is 18.0 Å². The molecule has 0 unspecified atom stereocenters. The Labute approximate surface area is 118 Å². The van der Waals surface area contributed by atoms with E-state index in [9.17, 15) is 4.39 Å². The van der Waals surface area contributed by atoms with Crippen LogP contribution in [0.25, 0.3) is 0 Å². The van der Waals surface area contributed by atoms with Crippen LogP contribution in [0.15, 0.2) is 30.6 Å². The van der Waals surface area contributed by atoms with Gasteiger partial charge in [0.05, 0.1) is 12.2 Å². The molecular weight excluding hydrogens is 255 g/mol. The Morgan fingerprint density at radius 2 is 2.25 bits per heavy atom. The molecule has 20 heavy (non-hydrogen) atoms. The molecule has 0 bridgehead atoms. The average Bonchev–Trinajstić information content (AvgIpc) is 2.92. The van der Waals surface area contributed by atoms with E-state index in [4.69, 9.17) is 0 Å². The largest absolute Gasteiger partial charge is 0.360 e. The van der Waals surface area contributed by atoms with E-state index in [0.717, 1.165) is 31.0 Å². The van der Waals surface area contributed by atoms with E-state index in [0.29, 0.717) is 18.8 Å². The van der Waals surface area contributed by atoms with E-state index in [-0.39, 0.29) is 5.82 Å². The van der Waals surface area contributed by atoms with Crippen LogP contribution < -0.4 is 10.2 Å². The van der Waals surface area contributed by atoms with Crippen LogP contribution in [0, 0.1) is 5.82 Å². The number of aromatic nitrogens is 2. The zero-order valence-electron chi connectivity index (χ0n) is 11.6. The van der Waals surface area contributed by atoms with E-state index in [1.165, 1.54) is 6.07 Å². The molecule has 1 aliphatic rings. The molecule has 1 N–H and O–H groups in total. The van der Waals surface area contributed by atoms with Crippen molar-refractivity contribution in [3.63, 3.8) is 0 Å². The summed E-state index contributed by atoms with van der Waals surface area (Å²) in [6.07, 6.45) is 3.79. The van der Waals surface area contributed by atoms with Crippen LogP contribution in [0.3, 0.4) is 0 Å². The molecule has 0 aliphatic carbocycles. The lowest BCUT2D eigenvalue weighted by Gasteiger charge is -2.31. The molecule has 0 saturated carbocycles. The normalized spacial score (nSPS) is 14.4. The molecule has 0 amide bonds. The third-order valence-electron chi connectivity index (χ3n) is 3.70. The lowest BCUT2D eigenvalue weighted by atomic mass is 10.1. The minimum Gasteiger partial charge on any atom is -0.360 e. The van der Waals surface area contributed by atoms with Crippen molar-refractivity contribution >= 4 is 5.69 Å². The quantitative estimate of drug-likeness (QED) is 0.927. The van der Waals surface area contributed by atoms with Gasteiger partial charge < -0.3 is 14.8 Å². The molecule has 106 valence electrons.